The van der Waals surface area contributed by atoms with Crippen LogP contribution in [0, 0.1) is 25.2 Å². The molecule has 1 fully saturated rings. The van der Waals surface area contributed by atoms with E-state index in [0.717, 1.165) is 48.3 Å². The van der Waals surface area contributed by atoms with Crippen molar-refractivity contribution in [1.82, 2.24) is 19.7 Å². The molecule has 0 spiro atoms. The van der Waals surface area contributed by atoms with Gasteiger partial charge in [0.2, 0.25) is 11.8 Å². The molecule has 33 heavy (non-hydrogen) atoms. The van der Waals surface area contributed by atoms with Gasteiger partial charge in [-0.2, -0.15) is 5.26 Å². The van der Waals surface area contributed by atoms with Gasteiger partial charge in [-0.25, -0.2) is 0 Å². The SMILES string of the molecule is CCCn1c(C)cc(/C=C(/C#N)C(=O)N(Cc2nnc(-c3ccc(Cl)cc3)o2)C2CC2)c1C. The summed E-state index contributed by atoms with van der Waals surface area (Å²) in [6.07, 6.45) is 4.50. The molecule has 1 aliphatic carbocycles. The standard InChI is InChI=1S/C25H26ClN5O2/c1-4-11-30-16(2)12-19(17(30)3)13-20(14-27)25(32)31(22-9-10-22)15-23-28-29-24(33-23)18-5-7-21(26)8-6-18/h5-8,12-13,22H,4,9-11,15H2,1-3H3/b20-13-. The van der Waals surface area contributed by atoms with Gasteiger partial charge < -0.3 is 13.9 Å². The van der Waals surface area contributed by atoms with E-state index < -0.39 is 0 Å². The highest BCUT2D eigenvalue weighted by atomic mass is 35.5. The lowest BCUT2D eigenvalue weighted by Gasteiger charge is -2.20. The monoisotopic (exact) mass is 463 g/mol. The van der Waals surface area contributed by atoms with Crippen molar-refractivity contribution in [3.05, 3.63) is 63.8 Å². The minimum absolute atomic E-state index is 0.0765. The molecule has 2 heterocycles. The van der Waals surface area contributed by atoms with Crippen LogP contribution in [0.15, 0.2) is 40.3 Å². The molecule has 1 aromatic carbocycles. The third kappa shape index (κ3) is 5.01. The number of carbonyl (C=O) groups excluding carboxylic acids is 1. The summed E-state index contributed by atoms with van der Waals surface area (Å²) < 4.78 is 8.01. The average Bonchev–Trinajstić information content (AvgIpc) is 3.49. The molecular formula is C25H26ClN5O2. The lowest BCUT2D eigenvalue weighted by atomic mass is 10.1. The second-order valence-corrected chi connectivity index (χ2v) is 8.76. The highest BCUT2D eigenvalue weighted by Gasteiger charge is 2.35. The van der Waals surface area contributed by atoms with E-state index in [-0.39, 0.29) is 24.1 Å². The molecule has 1 saturated carbocycles. The van der Waals surface area contributed by atoms with Gasteiger partial charge in [0.15, 0.2) is 0 Å². The van der Waals surface area contributed by atoms with Crippen molar-refractivity contribution in [3.63, 3.8) is 0 Å². The molecular weight excluding hydrogens is 438 g/mol. The molecule has 1 amide bonds. The van der Waals surface area contributed by atoms with Gasteiger partial charge in [-0.1, -0.05) is 18.5 Å². The summed E-state index contributed by atoms with van der Waals surface area (Å²) >= 11 is 5.94. The highest BCUT2D eigenvalue weighted by molar-refractivity contribution is 6.30. The molecule has 170 valence electrons. The first-order valence-corrected chi connectivity index (χ1v) is 11.5. The number of aryl methyl sites for hydroxylation is 1. The van der Waals surface area contributed by atoms with Gasteiger partial charge in [0.05, 0.1) is 6.54 Å². The Bertz CT molecular complexity index is 1230. The minimum Gasteiger partial charge on any atom is -0.419 e. The molecule has 0 unspecified atom stereocenters. The van der Waals surface area contributed by atoms with Crippen LogP contribution in [-0.2, 0) is 17.9 Å². The van der Waals surface area contributed by atoms with Crippen molar-refractivity contribution >= 4 is 23.6 Å². The minimum atomic E-state index is -0.313. The molecule has 0 aliphatic heterocycles. The van der Waals surface area contributed by atoms with Crippen molar-refractivity contribution in [2.45, 2.75) is 59.2 Å². The number of nitrogens with zero attached hydrogens (tertiary/aromatic N) is 5. The molecule has 0 radical (unpaired) electrons. The summed E-state index contributed by atoms with van der Waals surface area (Å²) in [5.74, 6) is 0.384. The Balaban J connectivity index is 1.56. The fraction of sp³-hybridized carbons (Fsp3) is 0.360. The van der Waals surface area contributed by atoms with Crippen LogP contribution in [-0.4, -0.2) is 31.6 Å². The Morgan fingerprint density at radius 2 is 2.03 bits per heavy atom. The Kier molecular flexibility index (Phi) is 6.66. The molecule has 0 bridgehead atoms. The number of amides is 1. The highest BCUT2D eigenvalue weighted by Crippen LogP contribution is 2.31. The van der Waals surface area contributed by atoms with E-state index in [0.29, 0.717) is 16.8 Å². The first-order chi connectivity index (χ1) is 15.9. The zero-order valence-electron chi connectivity index (χ0n) is 19.0. The maximum absolute atomic E-state index is 13.3. The van der Waals surface area contributed by atoms with E-state index in [1.165, 1.54) is 0 Å². The summed E-state index contributed by atoms with van der Waals surface area (Å²) in [5.41, 5.74) is 3.92. The maximum atomic E-state index is 13.3. The summed E-state index contributed by atoms with van der Waals surface area (Å²) in [4.78, 5) is 15.0. The first kappa shape index (κ1) is 22.8. The topological polar surface area (TPSA) is 88.0 Å². The van der Waals surface area contributed by atoms with Crippen LogP contribution in [0.4, 0.5) is 0 Å². The number of carbonyl (C=O) groups is 1. The third-order valence-electron chi connectivity index (χ3n) is 5.82. The quantitative estimate of drug-likeness (QED) is 0.333. The number of nitriles is 1. The van der Waals surface area contributed by atoms with Gasteiger partial charge in [-0.15, -0.1) is 10.2 Å². The first-order valence-electron chi connectivity index (χ1n) is 11.1. The van der Waals surface area contributed by atoms with E-state index in [2.05, 4.69) is 27.8 Å². The van der Waals surface area contributed by atoms with Crippen molar-refractivity contribution in [2.75, 3.05) is 0 Å². The predicted octanol–water partition coefficient (Wildman–Crippen LogP) is 5.32. The summed E-state index contributed by atoms with van der Waals surface area (Å²) in [7, 11) is 0. The normalized spacial score (nSPS) is 13.7. The maximum Gasteiger partial charge on any atom is 0.265 e. The van der Waals surface area contributed by atoms with E-state index in [1.807, 2.05) is 19.9 Å². The Labute approximate surface area is 198 Å². The Morgan fingerprint density at radius 3 is 2.67 bits per heavy atom. The Morgan fingerprint density at radius 1 is 1.30 bits per heavy atom. The second kappa shape index (κ2) is 9.63. The number of hydrogen-bond acceptors (Lipinski definition) is 5. The van der Waals surface area contributed by atoms with Gasteiger partial charge in [-0.3, -0.25) is 4.79 Å². The number of benzene rings is 1. The molecule has 8 heteroatoms. The van der Waals surface area contributed by atoms with Crippen molar-refractivity contribution < 1.29 is 9.21 Å². The second-order valence-electron chi connectivity index (χ2n) is 8.32. The lowest BCUT2D eigenvalue weighted by molar-refractivity contribution is -0.128. The summed E-state index contributed by atoms with van der Waals surface area (Å²) in [6, 6.07) is 11.3. The van der Waals surface area contributed by atoms with Crippen molar-refractivity contribution in [3.8, 4) is 17.5 Å². The molecule has 0 atom stereocenters. The van der Waals surface area contributed by atoms with Crippen LogP contribution in [0.1, 0.15) is 49.0 Å². The fourth-order valence-electron chi connectivity index (χ4n) is 3.92. The average molecular weight is 464 g/mol. The largest absolute Gasteiger partial charge is 0.419 e. The van der Waals surface area contributed by atoms with Crippen LogP contribution in [0.3, 0.4) is 0 Å². The van der Waals surface area contributed by atoms with E-state index in [9.17, 15) is 10.1 Å². The van der Waals surface area contributed by atoms with Gasteiger partial charge >= 0.3 is 0 Å². The molecule has 1 aliphatic rings. The predicted molar refractivity (Wildman–Crippen MR) is 126 cm³/mol. The van der Waals surface area contributed by atoms with Crippen molar-refractivity contribution in [1.29, 1.82) is 5.26 Å². The van der Waals surface area contributed by atoms with Crippen LogP contribution in [0.25, 0.3) is 17.5 Å². The van der Waals surface area contributed by atoms with Gasteiger partial charge in [0.25, 0.3) is 5.91 Å². The number of rotatable bonds is 8. The van der Waals surface area contributed by atoms with Gasteiger partial charge in [-0.05, 0) is 75.1 Å². The van der Waals surface area contributed by atoms with Crippen LogP contribution in [0.2, 0.25) is 5.02 Å². The third-order valence-corrected chi connectivity index (χ3v) is 6.07. The zero-order valence-corrected chi connectivity index (χ0v) is 19.8. The number of hydrogen-bond donors (Lipinski definition) is 0. The number of halogens is 1. The van der Waals surface area contributed by atoms with Crippen LogP contribution in [0.5, 0.6) is 0 Å². The van der Waals surface area contributed by atoms with Crippen LogP contribution >= 0.6 is 11.6 Å². The Hall–Kier alpha value is -3.37. The van der Waals surface area contributed by atoms with E-state index in [1.54, 1.807) is 35.2 Å². The molecule has 0 N–H and O–H groups in total. The molecule has 4 rings (SSSR count). The number of aromatic nitrogens is 3. The summed E-state index contributed by atoms with van der Waals surface area (Å²) in [5, 5.41) is 18.6. The zero-order chi connectivity index (χ0) is 23.5. The lowest BCUT2D eigenvalue weighted by Crippen LogP contribution is -2.33. The van der Waals surface area contributed by atoms with Gasteiger partial charge in [0, 0.05) is 34.6 Å². The van der Waals surface area contributed by atoms with Crippen molar-refractivity contribution in [2.24, 2.45) is 0 Å². The van der Waals surface area contributed by atoms with Crippen LogP contribution < -0.4 is 0 Å². The smallest absolute Gasteiger partial charge is 0.265 e. The van der Waals surface area contributed by atoms with Gasteiger partial charge in [0.1, 0.15) is 11.6 Å². The van der Waals surface area contributed by atoms with E-state index >= 15 is 0 Å². The molecule has 7 nitrogen and oxygen atoms in total. The molecule has 0 saturated heterocycles. The molecule has 3 aromatic rings. The molecule has 2 aromatic heterocycles. The van der Waals surface area contributed by atoms with E-state index in [4.69, 9.17) is 16.0 Å². The summed E-state index contributed by atoms with van der Waals surface area (Å²) in [6.45, 7) is 7.25. The fourth-order valence-corrected chi connectivity index (χ4v) is 4.04.